The van der Waals surface area contributed by atoms with E-state index < -0.39 is 0 Å². The number of hydrogen-bond donors (Lipinski definition) is 1. The van der Waals surface area contributed by atoms with Crippen LogP contribution in [-0.4, -0.2) is 21.7 Å². The van der Waals surface area contributed by atoms with Crippen LogP contribution in [0.25, 0.3) is 5.69 Å². The van der Waals surface area contributed by atoms with Crippen LogP contribution in [0.2, 0.25) is 0 Å². The van der Waals surface area contributed by atoms with Gasteiger partial charge in [0.25, 0.3) is 5.91 Å². The minimum atomic E-state index is -0.0711. The predicted octanol–water partition coefficient (Wildman–Crippen LogP) is 2.69. The third-order valence-electron chi connectivity index (χ3n) is 3.77. The van der Waals surface area contributed by atoms with Crippen LogP contribution in [0.1, 0.15) is 40.2 Å². The molecule has 0 unspecified atom stereocenters. The van der Waals surface area contributed by atoms with Crippen molar-refractivity contribution < 1.29 is 4.79 Å². The van der Waals surface area contributed by atoms with Crippen LogP contribution in [0.15, 0.2) is 24.3 Å². The molecule has 0 bridgehead atoms. The van der Waals surface area contributed by atoms with Crippen LogP contribution in [0, 0.1) is 20.8 Å². The van der Waals surface area contributed by atoms with Gasteiger partial charge in [-0.3, -0.25) is 4.79 Å². The molecule has 0 radical (unpaired) electrons. The van der Waals surface area contributed by atoms with Crippen molar-refractivity contribution in [2.75, 3.05) is 0 Å². The lowest BCUT2D eigenvalue weighted by molar-refractivity contribution is 0.0945. The van der Waals surface area contributed by atoms with Gasteiger partial charge in [0.05, 0.1) is 5.69 Å². The normalized spacial score (nSPS) is 14.3. The Morgan fingerprint density at radius 2 is 1.95 bits per heavy atom. The molecule has 0 atom stereocenters. The summed E-state index contributed by atoms with van der Waals surface area (Å²) < 4.78 is 1.83. The van der Waals surface area contributed by atoms with Crippen LogP contribution in [0.5, 0.6) is 0 Å². The monoisotopic (exact) mass is 269 g/mol. The number of carbonyl (C=O) groups excluding carboxylic acids is 1. The van der Waals surface area contributed by atoms with Gasteiger partial charge in [0.15, 0.2) is 5.69 Å². The van der Waals surface area contributed by atoms with Crippen molar-refractivity contribution in [3.8, 4) is 5.69 Å². The average molecular weight is 269 g/mol. The topological polar surface area (TPSA) is 46.9 Å². The number of aromatic nitrogens is 2. The summed E-state index contributed by atoms with van der Waals surface area (Å²) in [5, 5.41) is 7.40. The van der Waals surface area contributed by atoms with Gasteiger partial charge in [0, 0.05) is 11.7 Å². The van der Waals surface area contributed by atoms with E-state index >= 15 is 0 Å². The van der Waals surface area contributed by atoms with E-state index in [1.165, 1.54) is 11.1 Å². The summed E-state index contributed by atoms with van der Waals surface area (Å²) >= 11 is 0. The summed E-state index contributed by atoms with van der Waals surface area (Å²) in [6, 6.07) is 8.40. The Kier molecular flexibility index (Phi) is 3.08. The van der Waals surface area contributed by atoms with Crippen LogP contribution < -0.4 is 5.32 Å². The molecule has 1 amide bonds. The molecule has 0 spiro atoms. The third-order valence-corrected chi connectivity index (χ3v) is 3.77. The lowest BCUT2D eigenvalue weighted by Crippen LogP contribution is -2.25. The Hall–Kier alpha value is -2.10. The molecule has 4 heteroatoms. The second kappa shape index (κ2) is 4.78. The van der Waals surface area contributed by atoms with Crippen LogP contribution >= 0.6 is 0 Å². The summed E-state index contributed by atoms with van der Waals surface area (Å²) in [5.74, 6) is -0.0711. The number of nitrogens with one attached hydrogen (secondary N) is 1. The van der Waals surface area contributed by atoms with Crippen molar-refractivity contribution in [1.82, 2.24) is 15.1 Å². The zero-order valence-electron chi connectivity index (χ0n) is 12.1. The summed E-state index contributed by atoms with van der Waals surface area (Å²) in [6.07, 6.45) is 2.17. The highest BCUT2D eigenvalue weighted by Gasteiger charge is 2.25. The number of hydrogen-bond acceptors (Lipinski definition) is 2. The molecule has 0 aliphatic heterocycles. The van der Waals surface area contributed by atoms with Gasteiger partial charge < -0.3 is 5.32 Å². The first-order chi connectivity index (χ1) is 9.54. The highest BCUT2D eigenvalue weighted by atomic mass is 16.2. The molecule has 1 fully saturated rings. The molecule has 1 aliphatic carbocycles. The molecule has 1 saturated carbocycles. The molecule has 20 heavy (non-hydrogen) atoms. The van der Waals surface area contributed by atoms with Crippen LogP contribution in [-0.2, 0) is 0 Å². The van der Waals surface area contributed by atoms with Gasteiger partial charge in [-0.1, -0.05) is 6.07 Å². The fraction of sp³-hybridized carbons (Fsp3) is 0.375. The third kappa shape index (κ3) is 2.46. The molecule has 0 saturated heterocycles. The Labute approximate surface area is 118 Å². The van der Waals surface area contributed by atoms with Gasteiger partial charge >= 0.3 is 0 Å². The summed E-state index contributed by atoms with van der Waals surface area (Å²) in [7, 11) is 0. The molecule has 4 nitrogen and oxygen atoms in total. The van der Waals surface area contributed by atoms with E-state index in [1.807, 2.05) is 23.7 Å². The fourth-order valence-corrected chi connectivity index (χ4v) is 2.19. The Morgan fingerprint density at radius 3 is 2.60 bits per heavy atom. The van der Waals surface area contributed by atoms with Gasteiger partial charge in [0.1, 0.15) is 0 Å². The highest BCUT2D eigenvalue weighted by Crippen LogP contribution is 2.20. The van der Waals surface area contributed by atoms with Crippen molar-refractivity contribution in [3.63, 3.8) is 0 Å². The largest absolute Gasteiger partial charge is 0.348 e. The van der Waals surface area contributed by atoms with Crippen molar-refractivity contribution in [2.45, 2.75) is 39.7 Å². The Bertz CT molecular complexity index is 668. The number of carbonyl (C=O) groups is 1. The maximum absolute atomic E-state index is 12.0. The number of rotatable bonds is 3. The van der Waals surface area contributed by atoms with Crippen LogP contribution in [0.3, 0.4) is 0 Å². The van der Waals surface area contributed by atoms with E-state index in [-0.39, 0.29) is 5.91 Å². The Morgan fingerprint density at radius 1 is 1.20 bits per heavy atom. The zero-order chi connectivity index (χ0) is 14.3. The molecule has 3 rings (SSSR count). The van der Waals surface area contributed by atoms with Gasteiger partial charge in [-0.05, 0) is 62.9 Å². The van der Waals surface area contributed by atoms with Crippen molar-refractivity contribution >= 4 is 5.91 Å². The number of amides is 1. The minimum Gasteiger partial charge on any atom is -0.348 e. The molecule has 1 aliphatic rings. The minimum absolute atomic E-state index is 0.0711. The smallest absolute Gasteiger partial charge is 0.272 e. The first-order valence-electron chi connectivity index (χ1n) is 7.00. The molecule has 104 valence electrons. The van der Waals surface area contributed by atoms with Gasteiger partial charge in [-0.15, -0.1) is 0 Å². The number of aryl methyl sites for hydroxylation is 3. The van der Waals surface area contributed by atoms with Gasteiger partial charge in [-0.2, -0.15) is 5.10 Å². The van der Waals surface area contributed by atoms with Crippen molar-refractivity contribution in [1.29, 1.82) is 0 Å². The second-order valence-corrected chi connectivity index (χ2v) is 5.60. The SMILES string of the molecule is Cc1ccc(-n2nc(C(=O)NC3CC3)cc2C)cc1C. The van der Waals surface area contributed by atoms with E-state index in [0.717, 1.165) is 24.2 Å². The summed E-state index contributed by atoms with van der Waals surface area (Å²) in [6.45, 7) is 6.14. The summed E-state index contributed by atoms with van der Waals surface area (Å²) in [4.78, 5) is 12.0. The van der Waals surface area contributed by atoms with Crippen molar-refractivity contribution in [3.05, 3.63) is 46.8 Å². The zero-order valence-corrected chi connectivity index (χ0v) is 12.1. The summed E-state index contributed by atoms with van der Waals surface area (Å²) in [5.41, 5.74) is 4.93. The number of benzene rings is 1. The molecule has 1 heterocycles. The quantitative estimate of drug-likeness (QED) is 0.931. The maximum atomic E-state index is 12.0. The second-order valence-electron chi connectivity index (χ2n) is 5.60. The predicted molar refractivity (Wildman–Crippen MR) is 78.3 cm³/mol. The first-order valence-corrected chi connectivity index (χ1v) is 7.00. The maximum Gasteiger partial charge on any atom is 0.272 e. The van der Waals surface area contributed by atoms with Crippen LogP contribution in [0.4, 0.5) is 0 Å². The lowest BCUT2D eigenvalue weighted by atomic mass is 10.1. The highest BCUT2D eigenvalue weighted by molar-refractivity contribution is 5.92. The Balaban J connectivity index is 1.91. The molecule has 1 aromatic heterocycles. The average Bonchev–Trinajstić information content (AvgIpc) is 3.13. The van der Waals surface area contributed by atoms with E-state index in [1.54, 1.807) is 0 Å². The van der Waals surface area contributed by atoms with E-state index in [9.17, 15) is 4.79 Å². The molecule has 2 aromatic rings. The lowest BCUT2D eigenvalue weighted by Gasteiger charge is -2.07. The number of nitrogens with zero attached hydrogens (tertiary/aromatic N) is 2. The molecular weight excluding hydrogens is 250 g/mol. The van der Waals surface area contributed by atoms with Gasteiger partial charge in [0.2, 0.25) is 0 Å². The van der Waals surface area contributed by atoms with E-state index in [0.29, 0.717) is 11.7 Å². The van der Waals surface area contributed by atoms with E-state index in [4.69, 9.17) is 0 Å². The molecule has 1 aromatic carbocycles. The molecule has 1 N–H and O–H groups in total. The van der Waals surface area contributed by atoms with E-state index in [2.05, 4.69) is 36.4 Å². The van der Waals surface area contributed by atoms with Gasteiger partial charge in [-0.25, -0.2) is 4.68 Å². The fourth-order valence-electron chi connectivity index (χ4n) is 2.19. The first kappa shape index (κ1) is 12.9. The van der Waals surface area contributed by atoms with Crippen molar-refractivity contribution in [2.24, 2.45) is 0 Å². The standard InChI is InChI=1S/C16H19N3O/c1-10-4-7-14(8-11(10)2)19-12(3)9-15(18-19)16(20)17-13-5-6-13/h4,7-9,13H,5-6H2,1-3H3,(H,17,20). The molecular formula is C16H19N3O.